The average molecular weight is 408 g/mol. The van der Waals surface area contributed by atoms with Crippen LogP contribution in [0, 0.1) is 0 Å². The van der Waals surface area contributed by atoms with Gasteiger partial charge >= 0.3 is 5.97 Å². The summed E-state index contributed by atoms with van der Waals surface area (Å²) in [5.41, 5.74) is 1.36. The smallest absolute Gasteiger partial charge is 0.327 e. The number of amides is 3. The Bertz CT molecular complexity index is 971. The van der Waals surface area contributed by atoms with E-state index in [2.05, 4.69) is 12.2 Å². The predicted molar refractivity (Wildman–Crippen MR) is 111 cm³/mol. The number of nitrogens with one attached hydrogen (secondary N) is 1. The molecule has 0 aromatic heterocycles. The van der Waals surface area contributed by atoms with Crippen molar-refractivity contribution in [2.24, 2.45) is 0 Å². The van der Waals surface area contributed by atoms with Crippen molar-refractivity contribution >= 4 is 29.4 Å². The second-order valence-corrected chi connectivity index (χ2v) is 7.29. The first-order valence-corrected chi connectivity index (χ1v) is 10.0. The Morgan fingerprint density at radius 3 is 2.37 bits per heavy atom. The first kappa shape index (κ1) is 21.2. The van der Waals surface area contributed by atoms with E-state index in [0.29, 0.717) is 17.7 Å². The largest absolute Gasteiger partial charge is 0.480 e. The van der Waals surface area contributed by atoms with Crippen LogP contribution in [0.2, 0.25) is 0 Å². The van der Waals surface area contributed by atoms with Crippen LogP contribution in [0.4, 0.5) is 5.69 Å². The minimum absolute atomic E-state index is 0.0165. The second kappa shape index (κ2) is 9.35. The lowest BCUT2D eigenvalue weighted by atomic mass is 10.0. The molecular formula is C23H24N2O5. The summed E-state index contributed by atoms with van der Waals surface area (Å²) < 4.78 is 0. The Morgan fingerprint density at radius 2 is 1.70 bits per heavy atom. The van der Waals surface area contributed by atoms with Gasteiger partial charge in [-0.1, -0.05) is 50.1 Å². The molecule has 3 amide bonds. The summed E-state index contributed by atoms with van der Waals surface area (Å²) >= 11 is 0. The number of carbonyl (C=O) groups is 4. The molecule has 0 aliphatic carbocycles. The quantitative estimate of drug-likeness (QED) is 0.488. The molecule has 7 heteroatoms. The summed E-state index contributed by atoms with van der Waals surface area (Å²) in [6.45, 7) is 2.05. The van der Waals surface area contributed by atoms with Crippen molar-refractivity contribution in [3.63, 3.8) is 0 Å². The second-order valence-electron chi connectivity index (χ2n) is 7.29. The van der Waals surface area contributed by atoms with Gasteiger partial charge in [0.05, 0.1) is 11.1 Å². The SMILES string of the molecule is CCCCCC(=O)Nc1ccc2c(c1)C(=O)N([C@@H](Cc1ccccc1)C(=O)O)C2=O. The third kappa shape index (κ3) is 4.56. The van der Waals surface area contributed by atoms with E-state index in [1.165, 1.54) is 12.1 Å². The zero-order valence-electron chi connectivity index (χ0n) is 16.8. The number of nitrogens with zero attached hydrogens (tertiary/aromatic N) is 1. The predicted octanol–water partition coefficient (Wildman–Crippen LogP) is 3.50. The first-order valence-electron chi connectivity index (χ1n) is 10.0. The number of carboxylic acid groups (broad SMARTS) is 1. The van der Waals surface area contributed by atoms with Gasteiger partial charge in [0.2, 0.25) is 5.91 Å². The van der Waals surface area contributed by atoms with Gasteiger partial charge in [-0.15, -0.1) is 0 Å². The number of aliphatic carboxylic acids is 1. The van der Waals surface area contributed by atoms with Crippen LogP contribution in [0.3, 0.4) is 0 Å². The molecule has 1 heterocycles. The Labute approximate surface area is 174 Å². The van der Waals surface area contributed by atoms with Crippen molar-refractivity contribution in [2.75, 3.05) is 5.32 Å². The summed E-state index contributed by atoms with van der Waals surface area (Å²) in [5.74, 6) is -2.72. The molecule has 0 bridgehead atoms. The number of carbonyl (C=O) groups excluding carboxylic acids is 3. The Balaban J connectivity index is 1.80. The lowest BCUT2D eigenvalue weighted by Gasteiger charge is -2.22. The number of carboxylic acids is 1. The maximum Gasteiger partial charge on any atom is 0.327 e. The minimum Gasteiger partial charge on any atom is -0.480 e. The number of fused-ring (bicyclic) bond motifs is 1. The number of unbranched alkanes of at least 4 members (excludes halogenated alkanes) is 2. The van der Waals surface area contributed by atoms with Crippen LogP contribution in [-0.4, -0.2) is 39.7 Å². The molecular weight excluding hydrogens is 384 g/mol. The molecule has 0 unspecified atom stereocenters. The highest BCUT2D eigenvalue weighted by molar-refractivity contribution is 6.23. The maximum absolute atomic E-state index is 12.9. The topological polar surface area (TPSA) is 104 Å². The van der Waals surface area contributed by atoms with Gasteiger partial charge in [-0.2, -0.15) is 0 Å². The van der Waals surface area contributed by atoms with E-state index >= 15 is 0 Å². The molecule has 7 nitrogen and oxygen atoms in total. The van der Waals surface area contributed by atoms with E-state index in [9.17, 15) is 24.3 Å². The number of rotatable bonds is 9. The monoisotopic (exact) mass is 408 g/mol. The molecule has 0 fully saturated rings. The fourth-order valence-corrected chi connectivity index (χ4v) is 3.51. The van der Waals surface area contributed by atoms with E-state index in [1.54, 1.807) is 36.4 Å². The lowest BCUT2D eigenvalue weighted by Crippen LogP contribution is -2.46. The van der Waals surface area contributed by atoms with Gasteiger partial charge in [0.1, 0.15) is 6.04 Å². The summed E-state index contributed by atoms with van der Waals surface area (Å²) in [6, 6.07) is 12.0. The third-order valence-corrected chi connectivity index (χ3v) is 5.08. The van der Waals surface area contributed by atoms with Gasteiger partial charge < -0.3 is 10.4 Å². The van der Waals surface area contributed by atoms with E-state index in [1.807, 2.05) is 0 Å². The van der Waals surface area contributed by atoms with E-state index in [4.69, 9.17) is 0 Å². The van der Waals surface area contributed by atoms with E-state index in [0.717, 1.165) is 24.2 Å². The number of benzene rings is 2. The number of anilines is 1. The Morgan fingerprint density at radius 1 is 1.00 bits per heavy atom. The van der Waals surface area contributed by atoms with Crippen LogP contribution < -0.4 is 5.32 Å². The van der Waals surface area contributed by atoms with Crippen molar-refractivity contribution < 1.29 is 24.3 Å². The van der Waals surface area contributed by atoms with Crippen LogP contribution in [0.25, 0.3) is 0 Å². The normalized spacial score (nSPS) is 13.8. The van der Waals surface area contributed by atoms with Crippen molar-refractivity contribution in [2.45, 2.75) is 45.1 Å². The molecule has 0 saturated carbocycles. The maximum atomic E-state index is 12.9. The van der Waals surface area contributed by atoms with Gasteiger partial charge in [-0.25, -0.2) is 4.79 Å². The van der Waals surface area contributed by atoms with Crippen LogP contribution in [-0.2, 0) is 16.0 Å². The van der Waals surface area contributed by atoms with E-state index < -0.39 is 23.8 Å². The summed E-state index contributed by atoms with van der Waals surface area (Å²) in [7, 11) is 0. The fraction of sp³-hybridized carbons (Fsp3) is 0.304. The molecule has 1 atom stereocenters. The van der Waals surface area contributed by atoms with Crippen LogP contribution in [0.15, 0.2) is 48.5 Å². The van der Waals surface area contributed by atoms with E-state index in [-0.39, 0.29) is 23.5 Å². The van der Waals surface area contributed by atoms with Crippen LogP contribution >= 0.6 is 0 Å². The Hall–Kier alpha value is -3.48. The molecule has 1 aliphatic rings. The molecule has 0 spiro atoms. The van der Waals surface area contributed by atoms with Gasteiger partial charge in [-0.3, -0.25) is 19.3 Å². The van der Waals surface area contributed by atoms with Crippen molar-refractivity contribution in [1.29, 1.82) is 0 Å². The molecule has 30 heavy (non-hydrogen) atoms. The van der Waals surface area contributed by atoms with Crippen LogP contribution in [0.1, 0.15) is 58.9 Å². The summed E-state index contributed by atoms with van der Waals surface area (Å²) in [5, 5.41) is 12.4. The van der Waals surface area contributed by atoms with Gasteiger partial charge in [-0.05, 0) is 30.2 Å². The molecule has 2 N–H and O–H groups in total. The summed E-state index contributed by atoms with van der Waals surface area (Å²) in [6.07, 6.45) is 3.13. The van der Waals surface area contributed by atoms with Gasteiger partial charge in [0.15, 0.2) is 0 Å². The zero-order chi connectivity index (χ0) is 21.7. The Kier molecular flexibility index (Phi) is 6.61. The molecule has 0 saturated heterocycles. The van der Waals surface area contributed by atoms with Gasteiger partial charge in [0, 0.05) is 18.5 Å². The molecule has 156 valence electrons. The number of hydrogen-bond acceptors (Lipinski definition) is 4. The van der Waals surface area contributed by atoms with Crippen LogP contribution in [0.5, 0.6) is 0 Å². The first-order chi connectivity index (χ1) is 14.4. The minimum atomic E-state index is -1.31. The molecule has 2 aromatic carbocycles. The molecule has 1 aliphatic heterocycles. The molecule has 0 radical (unpaired) electrons. The number of imide groups is 1. The van der Waals surface area contributed by atoms with Crippen molar-refractivity contribution in [1.82, 2.24) is 4.90 Å². The molecule has 2 aromatic rings. The average Bonchev–Trinajstić information content (AvgIpc) is 2.97. The highest BCUT2D eigenvalue weighted by atomic mass is 16.4. The fourth-order valence-electron chi connectivity index (χ4n) is 3.51. The lowest BCUT2D eigenvalue weighted by molar-refractivity contribution is -0.141. The third-order valence-electron chi connectivity index (χ3n) is 5.08. The van der Waals surface area contributed by atoms with Crippen molar-refractivity contribution in [3.05, 3.63) is 65.2 Å². The highest BCUT2D eigenvalue weighted by Gasteiger charge is 2.43. The van der Waals surface area contributed by atoms with Gasteiger partial charge in [0.25, 0.3) is 11.8 Å². The highest BCUT2D eigenvalue weighted by Crippen LogP contribution is 2.28. The molecule has 3 rings (SSSR count). The zero-order valence-corrected chi connectivity index (χ0v) is 16.8. The number of hydrogen-bond donors (Lipinski definition) is 2. The standard InChI is InChI=1S/C23H24N2O5/c1-2-3-5-10-20(26)24-16-11-12-17-18(14-16)22(28)25(21(17)27)19(23(29)30)13-15-8-6-4-7-9-15/h4,6-9,11-12,14,19H,2-3,5,10,13H2,1H3,(H,24,26)(H,29,30)/t19-/m0/s1. The summed E-state index contributed by atoms with van der Waals surface area (Å²) in [4.78, 5) is 50.4. The van der Waals surface area contributed by atoms with Crippen molar-refractivity contribution in [3.8, 4) is 0 Å².